The third-order valence-electron chi connectivity index (χ3n) is 4.38. The van der Waals surface area contributed by atoms with Gasteiger partial charge in [-0.1, -0.05) is 41.5 Å². The first-order chi connectivity index (χ1) is 12.3. The minimum atomic E-state index is -1.04. The number of carbonyl (C=O) groups is 2. The van der Waals surface area contributed by atoms with Crippen LogP contribution in [0.5, 0.6) is 5.75 Å². The summed E-state index contributed by atoms with van der Waals surface area (Å²) in [5, 5.41) is 22.6. The fourth-order valence-corrected chi connectivity index (χ4v) is 2.82. The second-order valence-corrected chi connectivity index (χ2v) is 8.76. The Bertz CT molecular complexity index is 834. The minimum Gasteiger partial charge on any atom is -0.507 e. The molecule has 0 fully saturated rings. The van der Waals surface area contributed by atoms with E-state index >= 15 is 0 Å². The molecule has 2 aromatic rings. The quantitative estimate of drug-likeness (QED) is 0.669. The summed E-state index contributed by atoms with van der Waals surface area (Å²) in [6.07, 6.45) is 0. The maximum Gasteiger partial charge on any atom is 0.335 e. The lowest BCUT2D eigenvalue weighted by molar-refractivity contribution is 0.0696. The van der Waals surface area contributed by atoms with Gasteiger partial charge in [0.2, 0.25) is 0 Å². The molecule has 0 aliphatic carbocycles. The van der Waals surface area contributed by atoms with Gasteiger partial charge < -0.3 is 15.5 Å². The number of phenolic OH excluding ortho intramolecular Hbond substituents is 1. The summed E-state index contributed by atoms with van der Waals surface area (Å²) in [4.78, 5) is 23.5. The third-order valence-corrected chi connectivity index (χ3v) is 4.38. The van der Waals surface area contributed by atoms with Gasteiger partial charge in [-0.2, -0.15) is 0 Å². The summed E-state index contributed by atoms with van der Waals surface area (Å²) in [6.45, 7) is 12.0. The molecule has 0 saturated heterocycles. The standard InChI is InChI=1S/C22H27NO4/c1-21(2,3)16-11-15(12-17(18(16)24)22(4,5)6)23-19(25)13-7-9-14(10-8-13)20(26)27/h7-12,24H,1-6H3,(H,23,25)(H,26,27). The Morgan fingerprint density at radius 3 is 1.59 bits per heavy atom. The van der Waals surface area contributed by atoms with Gasteiger partial charge in [0.25, 0.3) is 5.91 Å². The molecule has 5 nitrogen and oxygen atoms in total. The highest BCUT2D eigenvalue weighted by Gasteiger charge is 2.27. The fourth-order valence-electron chi connectivity index (χ4n) is 2.82. The molecule has 144 valence electrons. The average Bonchev–Trinajstić information content (AvgIpc) is 2.54. The topological polar surface area (TPSA) is 86.6 Å². The maximum atomic E-state index is 12.6. The van der Waals surface area contributed by atoms with Crippen LogP contribution in [0, 0.1) is 0 Å². The molecule has 27 heavy (non-hydrogen) atoms. The number of aromatic hydroxyl groups is 1. The molecule has 0 radical (unpaired) electrons. The average molecular weight is 369 g/mol. The van der Waals surface area contributed by atoms with Gasteiger partial charge in [-0.05, 0) is 47.2 Å². The second kappa shape index (κ2) is 7.06. The van der Waals surface area contributed by atoms with Gasteiger partial charge in [-0.3, -0.25) is 4.79 Å². The smallest absolute Gasteiger partial charge is 0.335 e. The summed E-state index contributed by atoms with van der Waals surface area (Å²) in [6, 6.07) is 9.33. The van der Waals surface area contributed by atoms with Crippen molar-refractivity contribution in [1.29, 1.82) is 0 Å². The van der Waals surface area contributed by atoms with Gasteiger partial charge in [-0.15, -0.1) is 0 Å². The highest BCUT2D eigenvalue weighted by molar-refractivity contribution is 6.05. The molecule has 0 aliphatic rings. The van der Waals surface area contributed by atoms with Crippen molar-refractivity contribution < 1.29 is 19.8 Å². The van der Waals surface area contributed by atoms with Crippen LogP contribution in [0.1, 0.15) is 73.4 Å². The monoisotopic (exact) mass is 369 g/mol. The van der Waals surface area contributed by atoms with Crippen molar-refractivity contribution in [2.75, 3.05) is 5.32 Å². The van der Waals surface area contributed by atoms with Gasteiger partial charge >= 0.3 is 5.97 Å². The number of carboxylic acids is 1. The van der Waals surface area contributed by atoms with Crippen molar-refractivity contribution in [3.05, 3.63) is 58.7 Å². The number of phenols is 1. The third kappa shape index (κ3) is 4.67. The summed E-state index contributed by atoms with van der Waals surface area (Å²) in [5.74, 6) is -1.12. The van der Waals surface area contributed by atoms with Crippen molar-refractivity contribution in [3.8, 4) is 5.75 Å². The predicted octanol–water partition coefficient (Wildman–Crippen LogP) is 4.94. The number of anilines is 1. The molecule has 2 aromatic carbocycles. The van der Waals surface area contributed by atoms with Gasteiger partial charge in [0.05, 0.1) is 5.56 Å². The van der Waals surface area contributed by atoms with Crippen LogP contribution in [0.2, 0.25) is 0 Å². The molecule has 0 spiro atoms. The number of benzene rings is 2. The highest BCUT2D eigenvalue weighted by atomic mass is 16.4. The van der Waals surface area contributed by atoms with E-state index in [1.807, 2.05) is 41.5 Å². The molecule has 1 amide bonds. The number of nitrogens with one attached hydrogen (secondary N) is 1. The summed E-state index contributed by atoms with van der Waals surface area (Å²) < 4.78 is 0. The molecule has 3 N–H and O–H groups in total. The lowest BCUT2D eigenvalue weighted by Gasteiger charge is -2.28. The molecule has 0 saturated carbocycles. The lowest BCUT2D eigenvalue weighted by atomic mass is 9.79. The Kier molecular flexibility index (Phi) is 5.36. The van der Waals surface area contributed by atoms with E-state index < -0.39 is 5.97 Å². The first-order valence-corrected chi connectivity index (χ1v) is 8.83. The Labute approximate surface area is 160 Å². The number of carboxylic acid groups (broad SMARTS) is 1. The maximum absolute atomic E-state index is 12.6. The summed E-state index contributed by atoms with van der Waals surface area (Å²) in [7, 11) is 0. The molecular weight excluding hydrogens is 342 g/mol. The zero-order valence-electron chi connectivity index (χ0n) is 16.7. The fraction of sp³-hybridized carbons (Fsp3) is 0.364. The molecule has 5 heteroatoms. The van der Waals surface area contributed by atoms with Crippen LogP contribution in [-0.4, -0.2) is 22.1 Å². The lowest BCUT2D eigenvalue weighted by Crippen LogP contribution is -2.19. The molecule has 0 heterocycles. The Hall–Kier alpha value is -2.82. The molecule has 2 rings (SSSR count). The van der Waals surface area contributed by atoms with Crippen LogP contribution in [-0.2, 0) is 10.8 Å². The van der Waals surface area contributed by atoms with Crippen LogP contribution >= 0.6 is 0 Å². The van der Waals surface area contributed by atoms with Gasteiger partial charge in [-0.25, -0.2) is 4.79 Å². The first-order valence-electron chi connectivity index (χ1n) is 8.83. The normalized spacial score (nSPS) is 11.9. The Balaban J connectivity index is 2.43. The van der Waals surface area contributed by atoms with Crippen molar-refractivity contribution in [2.24, 2.45) is 0 Å². The molecular formula is C22H27NO4. The van der Waals surface area contributed by atoms with E-state index in [4.69, 9.17) is 5.11 Å². The minimum absolute atomic E-state index is 0.126. The summed E-state index contributed by atoms with van der Waals surface area (Å²) in [5.41, 5.74) is 2.00. The van der Waals surface area contributed by atoms with Crippen molar-refractivity contribution >= 4 is 17.6 Å². The summed E-state index contributed by atoms with van der Waals surface area (Å²) >= 11 is 0. The van der Waals surface area contributed by atoms with Gasteiger partial charge in [0.1, 0.15) is 5.75 Å². The predicted molar refractivity (Wildman–Crippen MR) is 107 cm³/mol. The van der Waals surface area contributed by atoms with E-state index in [0.717, 1.165) is 11.1 Å². The van der Waals surface area contributed by atoms with Crippen LogP contribution in [0.3, 0.4) is 0 Å². The SMILES string of the molecule is CC(C)(C)c1cc(NC(=O)c2ccc(C(=O)O)cc2)cc(C(C)(C)C)c1O. The number of amides is 1. The highest BCUT2D eigenvalue weighted by Crippen LogP contribution is 2.41. The Morgan fingerprint density at radius 2 is 1.22 bits per heavy atom. The number of carbonyl (C=O) groups excluding carboxylic acids is 1. The first kappa shape index (κ1) is 20.5. The van der Waals surface area contributed by atoms with Crippen LogP contribution in [0.25, 0.3) is 0 Å². The number of hydrogen-bond donors (Lipinski definition) is 3. The zero-order chi connectivity index (χ0) is 20.6. The number of aromatic carboxylic acids is 1. The van der Waals surface area contributed by atoms with Crippen molar-refractivity contribution in [1.82, 2.24) is 0 Å². The van der Waals surface area contributed by atoms with Crippen LogP contribution in [0.15, 0.2) is 36.4 Å². The van der Waals surface area contributed by atoms with Gasteiger partial charge in [0.15, 0.2) is 0 Å². The van der Waals surface area contributed by atoms with Crippen molar-refractivity contribution in [2.45, 2.75) is 52.4 Å². The van der Waals surface area contributed by atoms with Crippen LogP contribution < -0.4 is 5.32 Å². The molecule has 0 atom stereocenters. The molecule has 0 aromatic heterocycles. The van der Waals surface area contributed by atoms with Gasteiger partial charge in [0, 0.05) is 22.4 Å². The largest absolute Gasteiger partial charge is 0.507 e. The molecule has 0 bridgehead atoms. The van der Waals surface area contributed by atoms with E-state index in [9.17, 15) is 14.7 Å². The zero-order valence-corrected chi connectivity index (χ0v) is 16.7. The Morgan fingerprint density at radius 1 is 0.815 bits per heavy atom. The number of rotatable bonds is 3. The van der Waals surface area contributed by atoms with E-state index in [1.54, 1.807) is 12.1 Å². The molecule has 0 unspecified atom stereocenters. The van der Waals surface area contributed by atoms with Crippen LogP contribution in [0.4, 0.5) is 5.69 Å². The second-order valence-electron chi connectivity index (χ2n) is 8.76. The van der Waals surface area contributed by atoms with E-state index in [2.05, 4.69) is 5.32 Å². The van der Waals surface area contributed by atoms with Crippen molar-refractivity contribution in [3.63, 3.8) is 0 Å². The van der Waals surface area contributed by atoms with E-state index in [1.165, 1.54) is 24.3 Å². The van der Waals surface area contributed by atoms with E-state index in [0.29, 0.717) is 11.3 Å². The molecule has 0 aliphatic heterocycles. The van der Waals surface area contributed by atoms with E-state index in [-0.39, 0.29) is 28.1 Å². The number of hydrogen-bond acceptors (Lipinski definition) is 3.